The summed E-state index contributed by atoms with van der Waals surface area (Å²) in [6, 6.07) is 1.35. The highest BCUT2D eigenvalue weighted by molar-refractivity contribution is 6.18. The number of halogens is 1. The molecule has 0 fully saturated rings. The van der Waals surface area contributed by atoms with Crippen LogP contribution in [0.15, 0.2) is 0 Å². The molecule has 0 unspecified atom stereocenters. The van der Waals surface area contributed by atoms with E-state index in [-0.39, 0.29) is 0 Å². The Morgan fingerprint density at radius 3 is 2.20 bits per heavy atom. The maximum atomic E-state index is 5.32. The highest BCUT2D eigenvalue weighted by atomic mass is 35.5. The third-order valence-corrected chi connectivity index (χ3v) is 1.46. The Balaban J connectivity index is 2.19. The van der Waals surface area contributed by atoms with Crippen LogP contribution in [0.4, 0.5) is 0 Å². The van der Waals surface area contributed by atoms with Gasteiger partial charge < -0.3 is 0 Å². The summed E-state index contributed by atoms with van der Waals surface area (Å²) in [5, 5.41) is 0. The Hall–Kier alpha value is 0.507. The van der Waals surface area contributed by atoms with Crippen molar-refractivity contribution in [2.45, 2.75) is 12.5 Å². The molecule has 0 aromatic heterocycles. The van der Waals surface area contributed by atoms with Gasteiger partial charge in [0.05, 0.1) is 0 Å². The Kier molecular flexibility index (Phi) is 4.96. The van der Waals surface area contributed by atoms with E-state index in [4.69, 9.17) is 11.6 Å². The van der Waals surface area contributed by atoms with E-state index in [1.807, 2.05) is 0 Å². The molecule has 5 heavy (non-hydrogen) atoms. The van der Waals surface area contributed by atoms with Crippen molar-refractivity contribution in [2.75, 3.05) is 5.88 Å². The highest BCUT2D eigenvalue weighted by Gasteiger charge is 1.70. The van der Waals surface area contributed by atoms with Gasteiger partial charge in [-0.3, -0.25) is 0 Å². The fourth-order valence-electron chi connectivity index (χ4n) is 0.134. The van der Waals surface area contributed by atoms with Crippen molar-refractivity contribution >= 4 is 21.8 Å². The normalized spacial score (nSPS) is 9.00. The first-order valence-corrected chi connectivity index (χ1v) is 3.92. The third-order valence-electron chi connectivity index (χ3n) is 0.487. The largest absolute Gasteiger partial charge is 0.127 e. The van der Waals surface area contributed by atoms with E-state index in [0.29, 0.717) is 0 Å². The van der Waals surface area contributed by atoms with Crippen molar-refractivity contribution < 1.29 is 0 Å². The molecule has 0 rings (SSSR count). The predicted octanol–water partition coefficient (Wildman–Crippen LogP) is 0.399. The van der Waals surface area contributed by atoms with Gasteiger partial charge in [0.2, 0.25) is 0 Å². The molecule has 0 aliphatic carbocycles. The SMILES string of the molecule is [SiH3]CCCCl. The number of alkyl halides is 1. The topological polar surface area (TPSA) is 0 Å². The van der Waals surface area contributed by atoms with E-state index in [2.05, 4.69) is 0 Å². The van der Waals surface area contributed by atoms with Crippen LogP contribution in [-0.4, -0.2) is 16.1 Å². The molecule has 0 saturated heterocycles. The lowest BCUT2D eigenvalue weighted by atomic mass is 10.6. The summed E-state index contributed by atoms with van der Waals surface area (Å²) in [5.41, 5.74) is 0. The number of hydrogen-bond donors (Lipinski definition) is 0. The van der Waals surface area contributed by atoms with Crippen LogP contribution in [0.25, 0.3) is 0 Å². The van der Waals surface area contributed by atoms with E-state index in [1.165, 1.54) is 22.7 Å². The minimum Gasteiger partial charge on any atom is -0.127 e. The van der Waals surface area contributed by atoms with Crippen LogP contribution in [0.1, 0.15) is 6.42 Å². The zero-order valence-corrected chi connectivity index (χ0v) is 6.26. The summed E-state index contributed by atoms with van der Waals surface area (Å²) >= 11 is 5.32. The van der Waals surface area contributed by atoms with E-state index < -0.39 is 0 Å². The summed E-state index contributed by atoms with van der Waals surface area (Å²) in [7, 11) is 1.31. The van der Waals surface area contributed by atoms with Crippen LogP contribution in [0.2, 0.25) is 6.04 Å². The van der Waals surface area contributed by atoms with Crippen LogP contribution in [0.3, 0.4) is 0 Å². The van der Waals surface area contributed by atoms with Gasteiger partial charge in [0.15, 0.2) is 0 Å². The van der Waals surface area contributed by atoms with E-state index in [0.717, 1.165) is 5.88 Å². The van der Waals surface area contributed by atoms with E-state index >= 15 is 0 Å². The number of rotatable bonds is 2. The molecule has 0 saturated carbocycles. The molecule has 0 spiro atoms. The first kappa shape index (κ1) is 5.51. The van der Waals surface area contributed by atoms with Crippen LogP contribution < -0.4 is 0 Å². The second-order valence-electron chi connectivity index (χ2n) is 1.04. The second-order valence-corrected chi connectivity index (χ2v) is 2.42. The molecule has 0 aliphatic heterocycles. The van der Waals surface area contributed by atoms with Gasteiger partial charge in [0.1, 0.15) is 0 Å². The molecule has 0 aliphatic rings. The summed E-state index contributed by atoms with van der Waals surface area (Å²) in [5.74, 6) is 0.851. The Bertz CT molecular complexity index is 14.4. The van der Waals surface area contributed by atoms with Crippen molar-refractivity contribution in [3.05, 3.63) is 0 Å². The quantitative estimate of drug-likeness (QED) is 0.355. The van der Waals surface area contributed by atoms with Crippen molar-refractivity contribution in [1.82, 2.24) is 0 Å². The Labute approximate surface area is 40.9 Å². The van der Waals surface area contributed by atoms with Gasteiger partial charge in [-0.15, -0.1) is 11.6 Å². The second kappa shape index (κ2) is 4.51. The molecule has 2 heteroatoms. The Morgan fingerprint density at radius 2 is 2.20 bits per heavy atom. The van der Waals surface area contributed by atoms with Crippen LogP contribution in [-0.2, 0) is 0 Å². The van der Waals surface area contributed by atoms with Crippen LogP contribution in [0.5, 0.6) is 0 Å². The minimum absolute atomic E-state index is 0.851. The molecule has 0 amide bonds. The molecule has 0 aromatic carbocycles. The molecular formula is C3H9ClSi. The predicted molar refractivity (Wildman–Crippen MR) is 30.1 cm³/mol. The molecule has 0 atom stereocenters. The van der Waals surface area contributed by atoms with Gasteiger partial charge in [0.25, 0.3) is 0 Å². The third kappa shape index (κ3) is 4.51. The highest BCUT2D eigenvalue weighted by Crippen LogP contribution is 1.84. The maximum absolute atomic E-state index is 5.32. The average Bonchev–Trinajstić information content (AvgIpc) is 1.41. The first-order chi connectivity index (χ1) is 2.41. The van der Waals surface area contributed by atoms with Gasteiger partial charge in [-0.1, -0.05) is 6.04 Å². The van der Waals surface area contributed by atoms with Crippen LogP contribution >= 0.6 is 11.6 Å². The molecule has 0 aromatic rings. The van der Waals surface area contributed by atoms with E-state index in [9.17, 15) is 0 Å². The first-order valence-electron chi connectivity index (χ1n) is 1.97. The molecule has 0 nitrogen and oxygen atoms in total. The summed E-state index contributed by atoms with van der Waals surface area (Å²) in [6.07, 6.45) is 1.22. The van der Waals surface area contributed by atoms with Gasteiger partial charge in [-0.05, 0) is 6.42 Å². The smallest absolute Gasteiger partial charge is 0.0220 e. The lowest BCUT2D eigenvalue weighted by Gasteiger charge is -1.77. The molecule has 0 heterocycles. The lowest BCUT2D eigenvalue weighted by molar-refractivity contribution is 1.09. The molecule has 32 valence electrons. The molecule has 0 bridgehead atoms. The van der Waals surface area contributed by atoms with Crippen LogP contribution in [0, 0.1) is 0 Å². The standard InChI is InChI=1S/C3H9ClSi/c4-2-1-3-5/h1-3H2,5H3. The average molecular weight is 109 g/mol. The molecule has 0 radical (unpaired) electrons. The summed E-state index contributed by atoms with van der Waals surface area (Å²) in [6.45, 7) is 0. The van der Waals surface area contributed by atoms with E-state index in [1.54, 1.807) is 0 Å². The van der Waals surface area contributed by atoms with Gasteiger partial charge >= 0.3 is 0 Å². The Morgan fingerprint density at radius 1 is 1.60 bits per heavy atom. The fraction of sp³-hybridized carbons (Fsp3) is 1.00. The number of hydrogen-bond acceptors (Lipinski definition) is 0. The zero-order valence-electron chi connectivity index (χ0n) is 3.50. The van der Waals surface area contributed by atoms with Crippen molar-refractivity contribution in [3.8, 4) is 0 Å². The van der Waals surface area contributed by atoms with Gasteiger partial charge in [-0.2, -0.15) is 0 Å². The van der Waals surface area contributed by atoms with Gasteiger partial charge in [0, 0.05) is 16.1 Å². The summed E-state index contributed by atoms with van der Waals surface area (Å²) in [4.78, 5) is 0. The van der Waals surface area contributed by atoms with Crippen molar-refractivity contribution in [3.63, 3.8) is 0 Å². The van der Waals surface area contributed by atoms with Gasteiger partial charge in [-0.25, -0.2) is 0 Å². The maximum Gasteiger partial charge on any atom is 0.0220 e. The zero-order chi connectivity index (χ0) is 4.12. The monoisotopic (exact) mass is 108 g/mol. The van der Waals surface area contributed by atoms with Crippen molar-refractivity contribution in [2.24, 2.45) is 0 Å². The fourth-order valence-corrected chi connectivity index (χ4v) is 1.20. The lowest BCUT2D eigenvalue weighted by Crippen LogP contribution is -1.68. The summed E-state index contributed by atoms with van der Waals surface area (Å²) < 4.78 is 0. The van der Waals surface area contributed by atoms with Crippen molar-refractivity contribution in [1.29, 1.82) is 0 Å². The molecular weight excluding hydrogens is 99.6 g/mol. The minimum atomic E-state index is 0.851. The molecule has 0 N–H and O–H groups in total.